The van der Waals surface area contributed by atoms with Crippen LogP contribution in [0.3, 0.4) is 0 Å². The molecule has 0 saturated carbocycles. The quantitative estimate of drug-likeness (QED) is 0.0262. The third kappa shape index (κ3) is 55.1. The van der Waals surface area contributed by atoms with Crippen molar-refractivity contribution in [3.63, 3.8) is 0 Å². The lowest BCUT2D eigenvalue weighted by atomic mass is 10.1. The Hall–Kier alpha value is -3.67. The molecule has 0 heterocycles. The zero-order chi connectivity index (χ0) is 50.0. The molecule has 0 fully saturated rings. The molecule has 0 bridgehead atoms. The Kier molecular flexibility index (Phi) is 53.9. The van der Waals surface area contributed by atoms with Gasteiger partial charge >= 0.3 is 17.9 Å². The normalized spacial score (nSPS) is 12.8. The van der Waals surface area contributed by atoms with E-state index in [4.69, 9.17) is 14.2 Å². The van der Waals surface area contributed by atoms with E-state index in [1.54, 1.807) is 0 Å². The molecule has 0 saturated heterocycles. The van der Waals surface area contributed by atoms with Gasteiger partial charge in [0.15, 0.2) is 6.10 Å². The van der Waals surface area contributed by atoms with Gasteiger partial charge in [0.2, 0.25) is 0 Å². The zero-order valence-corrected chi connectivity index (χ0v) is 45.0. The summed E-state index contributed by atoms with van der Waals surface area (Å²) >= 11 is 0. The number of hydrogen-bond donors (Lipinski definition) is 0. The van der Waals surface area contributed by atoms with Gasteiger partial charge in [-0.2, -0.15) is 0 Å². The van der Waals surface area contributed by atoms with Crippen molar-refractivity contribution in [1.82, 2.24) is 0 Å². The molecule has 394 valence electrons. The monoisotopic (exact) mass is 959 g/mol. The van der Waals surface area contributed by atoms with Crippen molar-refractivity contribution in [3.8, 4) is 0 Å². The fraction of sp³-hybridized carbons (Fsp3) is 0.698. The molecule has 1 atom stereocenters. The van der Waals surface area contributed by atoms with Crippen LogP contribution >= 0.6 is 0 Å². The van der Waals surface area contributed by atoms with Crippen LogP contribution < -0.4 is 0 Å². The molecule has 0 aliphatic carbocycles. The van der Waals surface area contributed by atoms with Crippen LogP contribution in [0.4, 0.5) is 0 Å². The van der Waals surface area contributed by atoms with E-state index in [9.17, 15) is 14.4 Å². The summed E-state index contributed by atoms with van der Waals surface area (Å²) in [5.74, 6) is -0.899. The Morgan fingerprint density at radius 2 is 0.580 bits per heavy atom. The van der Waals surface area contributed by atoms with Gasteiger partial charge in [-0.1, -0.05) is 246 Å². The van der Waals surface area contributed by atoms with Crippen LogP contribution in [0.2, 0.25) is 0 Å². The third-order valence-electron chi connectivity index (χ3n) is 12.1. The predicted octanol–water partition coefficient (Wildman–Crippen LogP) is 19.3. The zero-order valence-electron chi connectivity index (χ0n) is 45.0. The number of hydrogen-bond acceptors (Lipinski definition) is 6. The van der Waals surface area contributed by atoms with E-state index in [1.807, 2.05) is 0 Å². The fourth-order valence-corrected chi connectivity index (χ4v) is 7.76. The second-order valence-electron chi connectivity index (χ2n) is 18.8. The average Bonchev–Trinajstić information content (AvgIpc) is 3.35. The Labute approximate surface area is 426 Å². The molecular weight excluding hydrogens is 853 g/mol. The van der Waals surface area contributed by atoms with Gasteiger partial charge < -0.3 is 14.2 Å². The first-order chi connectivity index (χ1) is 34.0. The topological polar surface area (TPSA) is 78.9 Å². The van der Waals surface area contributed by atoms with Crippen molar-refractivity contribution in [3.05, 3.63) is 97.2 Å². The smallest absolute Gasteiger partial charge is 0.306 e. The van der Waals surface area contributed by atoms with E-state index in [0.717, 1.165) is 122 Å². The molecule has 0 aromatic heterocycles. The van der Waals surface area contributed by atoms with Crippen molar-refractivity contribution >= 4 is 17.9 Å². The SMILES string of the molecule is CC/C=C\C/C=C\C/C=C\C/C=C\C/C=C\C/C=C\C/C=C\CCCCCCCCCCCC(=O)OCC(COC(=O)CCCCCCCCCCC)OC(=O)CCCCCCC/C=C\CCCC. The number of allylic oxidation sites excluding steroid dienone is 16. The summed E-state index contributed by atoms with van der Waals surface area (Å²) in [6.45, 7) is 6.45. The van der Waals surface area contributed by atoms with E-state index < -0.39 is 6.10 Å². The average molecular weight is 960 g/mol. The van der Waals surface area contributed by atoms with Crippen molar-refractivity contribution in [2.24, 2.45) is 0 Å². The summed E-state index contributed by atoms with van der Waals surface area (Å²) in [5, 5.41) is 0. The van der Waals surface area contributed by atoms with Crippen LogP contribution in [0, 0.1) is 0 Å². The Morgan fingerprint density at radius 3 is 0.942 bits per heavy atom. The minimum absolute atomic E-state index is 0.0805. The van der Waals surface area contributed by atoms with Gasteiger partial charge in [0.25, 0.3) is 0 Å². The molecule has 0 aliphatic rings. The van der Waals surface area contributed by atoms with E-state index in [1.165, 1.54) is 103 Å². The van der Waals surface area contributed by atoms with Crippen LogP contribution in [0.25, 0.3) is 0 Å². The fourth-order valence-electron chi connectivity index (χ4n) is 7.76. The standard InChI is InChI=1S/C63H106O6/c1-4-7-10-13-16-19-21-22-23-24-25-26-27-28-29-30-31-32-33-34-35-36-37-38-39-40-42-44-47-50-53-56-62(65)68-59-60(58-67-61(64)55-52-49-46-43-18-15-12-9-6-3)69-63(66)57-54-51-48-45-41-20-17-14-11-8-5-2/h7,10,14,16-17,19,22-23,25-26,28-29,31-32,34-35,60H,4-6,8-9,11-13,15,18,20-21,24,27,30,33,36-59H2,1-3H3/b10-7-,17-14-,19-16-,23-22-,26-25-,29-28-,32-31-,35-34-. The van der Waals surface area contributed by atoms with Crippen molar-refractivity contribution < 1.29 is 28.6 Å². The highest BCUT2D eigenvalue weighted by Gasteiger charge is 2.19. The molecule has 1 unspecified atom stereocenters. The molecular formula is C63H106O6. The molecule has 6 nitrogen and oxygen atoms in total. The molecule has 0 aromatic rings. The number of ether oxygens (including phenoxy) is 3. The number of carbonyl (C=O) groups excluding carboxylic acids is 3. The maximum atomic E-state index is 12.8. The second kappa shape index (κ2) is 56.9. The highest BCUT2D eigenvalue weighted by molar-refractivity contribution is 5.71. The highest BCUT2D eigenvalue weighted by atomic mass is 16.6. The lowest BCUT2D eigenvalue weighted by Gasteiger charge is -2.18. The van der Waals surface area contributed by atoms with Gasteiger partial charge in [0.1, 0.15) is 13.2 Å². The molecule has 0 aliphatic heterocycles. The van der Waals surface area contributed by atoms with Crippen LogP contribution in [-0.2, 0) is 28.6 Å². The minimum atomic E-state index is -0.780. The lowest BCUT2D eigenvalue weighted by Crippen LogP contribution is -2.30. The maximum absolute atomic E-state index is 12.8. The summed E-state index contributed by atoms with van der Waals surface area (Å²) in [7, 11) is 0. The largest absolute Gasteiger partial charge is 0.462 e. The second-order valence-corrected chi connectivity index (χ2v) is 18.8. The Bertz CT molecular complexity index is 1380. The van der Waals surface area contributed by atoms with E-state index in [0.29, 0.717) is 19.3 Å². The maximum Gasteiger partial charge on any atom is 0.306 e. The first kappa shape index (κ1) is 65.3. The van der Waals surface area contributed by atoms with Crippen molar-refractivity contribution in [2.45, 2.75) is 271 Å². The van der Waals surface area contributed by atoms with E-state index >= 15 is 0 Å². The van der Waals surface area contributed by atoms with Gasteiger partial charge in [0.05, 0.1) is 0 Å². The molecule has 0 radical (unpaired) electrons. The molecule has 69 heavy (non-hydrogen) atoms. The van der Waals surface area contributed by atoms with Crippen molar-refractivity contribution in [1.29, 1.82) is 0 Å². The minimum Gasteiger partial charge on any atom is -0.462 e. The van der Waals surface area contributed by atoms with Crippen molar-refractivity contribution in [2.75, 3.05) is 13.2 Å². The molecule has 0 aromatic carbocycles. The van der Waals surface area contributed by atoms with E-state index in [-0.39, 0.29) is 31.1 Å². The van der Waals surface area contributed by atoms with Gasteiger partial charge in [-0.15, -0.1) is 0 Å². The van der Waals surface area contributed by atoms with Gasteiger partial charge in [-0.05, 0) is 96.3 Å². The molecule has 0 N–H and O–H groups in total. The molecule has 0 rings (SSSR count). The summed E-state index contributed by atoms with van der Waals surface area (Å²) in [5.41, 5.74) is 0. The van der Waals surface area contributed by atoms with Gasteiger partial charge in [-0.3, -0.25) is 14.4 Å². The Balaban J connectivity index is 4.14. The summed E-state index contributed by atoms with van der Waals surface area (Å²) in [6.07, 6.45) is 75.6. The lowest BCUT2D eigenvalue weighted by molar-refractivity contribution is -0.167. The number of rotatable bonds is 51. The third-order valence-corrected chi connectivity index (χ3v) is 12.1. The van der Waals surface area contributed by atoms with Crippen LogP contribution in [-0.4, -0.2) is 37.2 Å². The first-order valence-electron chi connectivity index (χ1n) is 28.7. The molecule has 0 amide bonds. The van der Waals surface area contributed by atoms with E-state index in [2.05, 4.69) is 118 Å². The predicted molar refractivity (Wildman–Crippen MR) is 297 cm³/mol. The number of carbonyl (C=O) groups is 3. The number of unbranched alkanes of at least 4 members (excludes halogenated alkanes) is 24. The molecule has 6 heteroatoms. The Morgan fingerprint density at radius 1 is 0.304 bits per heavy atom. The van der Waals surface area contributed by atoms with Crippen LogP contribution in [0.1, 0.15) is 265 Å². The van der Waals surface area contributed by atoms with Crippen LogP contribution in [0.15, 0.2) is 97.2 Å². The first-order valence-corrected chi connectivity index (χ1v) is 28.7. The summed E-state index contributed by atoms with van der Waals surface area (Å²) in [6, 6.07) is 0. The highest BCUT2D eigenvalue weighted by Crippen LogP contribution is 2.15. The summed E-state index contributed by atoms with van der Waals surface area (Å²) < 4.78 is 16.8. The van der Waals surface area contributed by atoms with Gasteiger partial charge in [-0.25, -0.2) is 0 Å². The van der Waals surface area contributed by atoms with Crippen LogP contribution in [0.5, 0.6) is 0 Å². The van der Waals surface area contributed by atoms with Gasteiger partial charge in [0, 0.05) is 19.3 Å². The molecule has 0 spiro atoms. The summed E-state index contributed by atoms with van der Waals surface area (Å²) in [4.78, 5) is 37.9. The number of esters is 3.